The average molecular weight is 529 g/mol. The molecule has 0 bridgehead atoms. The second-order valence-corrected chi connectivity index (χ2v) is 10.6. The number of fused-ring (bicyclic) bond motifs is 1. The van der Waals surface area contributed by atoms with Gasteiger partial charge in [-0.3, -0.25) is 0 Å². The van der Waals surface area contributed by atoms with Crippen LogP contribution in [0.5, 0.6) is 0 Å². The Hall–Kier alpha value is -1.19. The second kappa shape index (κ2) is 8.67. The summed E-state index contributed by atoms with van der Waals surface area (Å²) in [6, 6.07) is 12.6. The largest absolute Gasteiger partial charge is 0.308 e. The van der Waals surface area contributed by atoms with E-state index in [1.807, 2.05) is 39.3 Å². The highest BCUT2D eigenvalue weighted by molar-refractivity contribution is 9.10. The van der Waals surface area contributed by atoms with Crippen molar-refractivity contribution in [2.75, 3.05) is 34.2 Å². The Morgan fingerprint density at radius 3 is 2.39 bits per heavy atom. The zero-order chi connectivity index (χ0) is 20.5. The Balaban J connectivity index is 2.08. The molecule has 0 N–H and O–H groups in total. The summed E-state index contributed by atoms with van der Waals surface area (Å²) in [7, 11) is 2.41. The summed E-state index contributed by atoms with van der Waals surface area (Å²) in [5.41, 5.74) is 1.66. The first-order valence-corrected chi connectivity index (χ1v) is 11.9. The maximum absolute atomic E-state index is 13.4. The number of rotatable bonds is 7. The van der Waals surface area contributed by atoms with Gasteiger partial charge in [0.2, 0.25) is 0 Å². The van der Waals surface area contributed by atoms with E-state index < -0.39 is 10.0 Å². The Labute approximate surface area is 183 Å². The van der Waals surface area contributed by atoms with Crippen LogP contribution in [0.25, 0.3) is 10.9 Å². The number of hydrogen-bond acceptors (Lipinski definition) is 4. The smallest absolute Gasteiger partial charge is 0.269 e. The predicted octanol–water partition coefficient (Wildman–Crippen LogP) is 4.40. The second-order valence-electron chi connectivity index (χ2n) is 7.09. The molecule has 0 unspecified atom stereocenters. The number of nitrogens with zero attached hydrogens (tertiary/aromatic N) is 3. The molecular weight excluding hydrogens is 506 g/mol. The van der Waals surface area contributed by atoms with Crippen molar-refractivity contribution in [1.29, 1.82) is 0 Å². The van der Waals surface area contributed by atoms with Crippen LogP contribution in [0, 0.1) is 0 Å². The highest BCUT2D eigenvalue weighted by Crippen LogP contribution is 2.31. The van der Waals surface area contributed by atoms with Gasteiger partial charge in [0.15, 0.2) is 0 Å². The van der Waals surface area contributed by atoms with Crippen LogP contribution >= 0.6 is 31.9 Å². The number of aromatic nitrogens is 1. The minimum Gasteiger partial charge on any atom is -0.308 e. The van der Waals surface area contributed by atoms with Crippen LogP contribution in [0.3, 0.4) is 0 Å². The molecule has 0 spiro atoms. The monoisotopic (exact) mass is 527 g/mol. The van der Waals surface area contributed by atoms with Crippen LogP contribution in [0.1, 0.15) is 5.56 Å². The summed E-state index contributed by atoms with van der Waals surface area (Å²) in [4.78, 5) is 4.58. The number of halogens is 2. The van der Waals surface area contributed by atoms with E-state index in [1.165, 1.54) is 3.97 Å². The van der Waals surface area contributed by atoms with E-state index in [1.54, 1.807) is 30.5 Å². The Morgan fingerprint density at radius 1 is 1.00 bits per heavy atom. The lowest BCUT2D eigenvalue weighted by molar-refractivity contribution is 0.277. The first-order valence-electron chi connectivity index (χ1n) is 8.83. The molecule has 5 nitrogen and oxygen atoms in total. The quantitative estimate of drug-likeness (QED) is 0.456. The van der Waals surface area contributed by atoms with Crippen LogP contribution in [-0.2, 0) is 16.6 Å². The number of hydrogen-bond donors (Lipinski definition) is 0. The zero-order valence-electron chi connectivity index (χ0n) is 16.1. The van der Waals surface area contributed by atoms with Gasteiger partial charge in [-0.2, -0.15) is 0 Å². The van der Waals surface area contributed by atoms with Crippen molar-refractivity contribution in [3.05, 3.63) is 63.2 Å². The highest BCUT2D eigenvalue weighted by Gasteiger charge is 2.23. The van der Waals surface area contributed by atoms with Crippen LogP contribution in [0.15, 0.2) is 62.5 Å². The van der Waals surface area contributed by atoms with E-state index in [2.05, 4.69) is 41.7 Å². The highest BCUT2D eigenvalue weighted by atomic mass is 79.9. The third-order valence-corrected chi connectivity index (χ3v) is 7.74. The third kappa shape index (κ3) is 4.52. The molecule has 1 heterocycles. The van der Waals surface area contributed by atoms with Crippen molar-refractivity contribution in [2.24, 2.45) is 0 Å². The van der Waals surface area contributed by atoms with Crippen LogP contribution in [0.2, 0.25) is 0 Å². The minimum absolute atomic E-state index is 0.252. The van der Waals surface area contributed by atoms with Gasteiger partial charge in [0.1, 0.15) is 4.90 Å². The number of likely N-dealkylation sites (N-methyl/N-ethyl adjacent to an activating group) is 2. The molecule has 3 rings (SSSR count). The molecule has 1 aromatic heterocycles. The van der Waals surface area contributed by atoms with Crippen molar-refractivity contribution in [3.8, 4) is 0 Å². The number of benzene rings is 2. The average Bonchev–Trinajstić information content (AvgIpc) is 2.98. The summed E-state index contributed by atoms with van der Waals surface area (Å²) in [5.74, 6) is 0. The molecule has 0 saturated heterocycles. The topological polar surface area (TPSA) is 45.5 Å². The first kappa shape index (κ1) is 21.5. The lowest BCUT2D eigenvalue weighted by Crippen LogP contribution is -2.28. The molecule has 0 aliphatic carbocycles. The summed E-state index contributed by atoms with van der Waals surface area (Å²) in [6.07, 6.45) is 1.75. The van der Waals surface area contributed by atoms with Crippen molar-refractivity contribution >= 4 is 52.8 Å². The zero-order valence-corrected chi connectivity index (χ0v) is 20.1. The van der Waals surface area contributed by atoms with Crippen molar-refractivity contribution < 1.29 is 8.42 Å². The molecular formula is C20H23Br2N3O2S. The van der Waals surface area contributed by atoms with Gasteiger partial charge in [-0.05, 0) is 73.0 Å². The van der Waals surface area contributed by atoms with Gasteiger partial charge < -0.3 is 9.80 Å². The molecule has 2 aromatic carbocycles. The van der Waals surface area contributed by atoms with E-state index in [0.29, 0.717) is 16.5 Å². The van der Waals surface area contributed by atoms with Crippen LogP contribution in [0.4, 0.5) is 0 Å². The fraction of sp³-hybridized carbons (Fsp3) is 0.300. The molecule has 0 radical (unpaired) electrons. The Morgan fingerprint density at radius 2 is 1.71 bits per heavy atom. The molecule has 28 heavy (non-hydrogen) atoms. The van der Waals surface area contributed by atoms with Crippen molar-refractivity contribution in [2.45, 2.75) is 11.4 Å². The standard InChI is InChI=1S/C20H23Br2N3O2S/c1-23(2)10-11-24(3)13-15-14-25(19-9-8-16(21)12-17(15)19)28(26,27)20-7-5-4-6-18(20)22/h4-9,12,14H,10-11,13H2,1-3H3. The SMILES string of the molecule is CN(C)CCN(C)Cc1cn(S(=O)(=O)c2ccccc2Br)c2ccc(Br)cc12. The van der Waals surface area contributed by atoms with Gasteiger partial charge in [0.05, 0.1) is 5.52 Å². The molecule has 0 amide bonds. The molecule has 0 atom stereocenters. The summed E-state index contributed by atoms with van der Waals surface area (Å²) >= 11 is 6.89. The molecule has 0 saturated carbocycles. The fourth-order valence-corrected chi connectivity index (χ4v) is 5.78. The van der Waals surface area contributed by atoms with E-state index >= 15 is 0 Å². The molecule has 0 fully saturated rings. The van der Waals surface area contributed by atoms with Crippen LogP contribution in [-0.4, -0.2) is 56.4 Å². The lowest BCUT2D eigenvalue weighted by atomic mass is 10.1. The van der Waals surface area contributed by atoms with Crippen molar-refractivity contribution in [1.82, 2.24) is 13.8 Å². The molecule has 8 heteroatoms. The molecule has 0 aliphatic heterocycles. The van der Waals surface area contributed by atoms with Gasteiger partial charge in [0.25, 0.3) is 10.0 Å². The van der Waals surface area contributed by atoms with E-state index in [4.69, 9.17) is 0 Å². The maximum atomic E-state index is 13.4. The van der Waals surface area contributed by atoms with Crippen LogP contribution < -0.4 is 0 Å². The third-order valence-electron chi connectivity index (χ3n) is 4.56. The Bertz CT molecular complexity index is 1090. The maximum Gasteiger partial charge on any atom is 0.269 e. The summed E-state index contributed by atoms with van der Waals surface area (Å²) in [5, 5.41) is 0.932. The van der Waals surface area contributed by atoms with Crippen molar-refractivity contribution in [3.63, 3.8) is 0 Å². The predicted molar refractivity (Wildman–Crippen MR) is 121 cm³/mol. The normalized spacial score (nSPS) is 12.4. The minimum atomic E-state index is -3.72. The molecule has 150 valence electrons. The first-order chi connectivity index (χ1) is 13.2. The van der Waals surface area contributed by atoms with E-state index in [9.17, 15) is 8.42 Å². The Kier molecular flexibility index (Phi) is 6.66. The molecule has 0 aliphatic rings. The lowest BCUT2D eigenvalue weighted by Gasteiger charge is -2.18. The molecule has 3 aromatic rings. The van der Waals surface area contributed by atoms with Gasteiger partial charge in [-0.1, -0.05) is 28.1 Å². The van der Waals surface area contributed by atoms with E-state index in [0.717, 1.165) is 28.5 Å². The summed E-state index contributed by atoms with van der Waals surface area (Å²) < 4.78 is 29.6. The van der Waals surface area contributed by atoms with Gasteiger partial charge in [-0.15, -0.1) is 0 Å². The van der Waals surface area contributed by atoms with Gasteiger partial charge >= 0.3 is 0 Å². The van der Waals surface area contributed by atoms with E-state index in [-0.39, 0.29) is 4.90 Å². The summed E-state index contributed by atoms with van der Waals surface area (Å²) in [6.45, 7) is 2.50. The fourth-order valence-electron chi connectivity index (χ4n) is 3.06. The van der Waals surface area contributed by atoms with Gasteiger partial charge in [0, 0.05) is 40.2 Å². The van der Waals surface area contributed by atoms with Gasteiger partial charge in [-0.25, -0.2) is 12.4 Å².